The second kappa shape index (κ2) is 7.04. The molecule has 0 radical (unpaired) electrons. The summed E-state index contributed by atoms with van der Waals surface area (Å²) in [6.07, 6.45) is 0.551. The van der Waals surface area contributed by atoms with Crippen molar-refractivity contribution in [1.29, 1.82) is 0 Å². The van der Waals surface area contributed by atoms with Gasteiger partial charge in [-0.25, -0.2) is 9.78 Å². The van der Waals surface area contributed by atoms with Crippen molar-refractivity contribution in [3.63, 3.8) is 0 Å². The number of allylic oxidation sites excluding steroid dienone is 2. The van der Waals surface area contributed by atoms with E-state index in [1.54, 1.807) is 19.1 Å². The van der Waals surface area contributed by atoms with Gasteiger partial charge in [0.25, 0.3) is 0 Å². The molecule has 11 nitrogen and oxygen atoms in total. The third kappa shape index (κ3) is 2.67. The first kappa shape index (κ1) is 20.5. The van der Waals surface area contributed by atoms with Gasteiger partial charge in [0.15, 0.2) is 5.72 Å². The molecule has 0 saturated carbocycles. The summed E-state index contributed by atoms with van der Waals surface area (Å²) in [6, 6.07) is 3.38. The number of aromatic nitrogens is 1. The van der Waals surface area contributed by atoms with Crippen LogP contribution in [0.3, 0.4) is 0 Å². The number of Topliss-reactive ketones (excluding diaryl/α,β-unsaturated/α-hetero) is 2. The van der Waals surface area contributed by atoms with Gasteiger partial charge in [0.2, 0.25) is 17.4 Å². The minimum atomic E-state index is -1.01. The number of anilines is 1. The Hall–Kier alpha value is -3.44. The van der Waals surface area contributed by atoms with Crippen molar-refractivity contribution >= 4 is 23.3 Å². The zero-order valence-electron chi connectivity index (χ0n) is 17.8. The number of hydrogen-bond acceptors (Lipinski definition) is 10. The lowest BCUT2D eigenvalue weighted by molar-refractivity contribution is -0.137. The quantitative estimate of drug-likeness (QED) is 0.403. The largest absolute Gasteiger partial charge is 0.481 e. The van der Waals surface area contributed by atoms with Gasteiger partial charge in [0, 0.05) is 36.9 Å². The van der Waals surface area contributed by atoms with Crippen molar-refractivity contribution in [2.75, 3.05) is 32.7 Å². The summed E-state index contributed by atoms with van der Waals surface area (Å²) in [4.78, 5) is 44.5. The second-order valence-electron chi connectivity index (χ2n) is 8.13. The molecule has 1 aromatic heterocycles. The Balaban J connectivity index is 1.54. The van der Waals surface area contributed by atoms with E-state index in [1.807, 2.05) is 4.90 Å². The first-order chi connectivity index (χ1) is 15.3. The predicted octanol–water partition coefficient (Wildman–Crippen LogP) is -0.0942. The van der Waals surface area contributed by atoms with Gasteiger partial charge in [-0.2, -0.15) is 0 Å². The van der Waals surface area contributed by atoms with E-state index in [1.165, 1.54) is 20.4 Å². The highest BCUT2D eigenvalue weighted by atomic mass is 16.6. The molecule has 2 saturated heterocycles. The van der Waals surface area contributed by atoms with E-state index in [-0.39, 0.29) is 41.5 Å². The number of nitrogens with two attached hydrogens (primary N) is 1. The van der Waals surface area contributed by atoms with Gasteiger partial charge in [0.1, 0.15) is 6.61 Å². The Morgan fingerprint density at radius 1 is 1.34 bits per heavy atom. The molecule has 1 aliphatic carbocycles. The van der Waals surface area contributed by atoms with Crippen LogP contribution in [0.4, 0.5) is 10.5 Å². The van der Waals surface area contributed by atoms with Crippen LogP contribution in [0.25, 0.3) is 0 Å². The average molecular weight is 441 g/mol. The van der Waals surface area contributed by atoms with E-state index in [0.717, 1.165) is 0 Å². The number of ether oxygens (including phenoxy) is 3. The molecule has 5 rings (SSSR count). The van der Waals surface area contributed by atoms with E-state index in [2.05, 4.69) is 15.6 Å². The van der Waals surface area contributed by atoms with Gasteiger partial charge < -0.3 is 35.5 Å². The number of piperazine rings is 1. The molecule has 168 valence electrons. The van der Waals surface area contributed by atoms with Crippen LogP contribution >= 0.6 is 0 Å². The number of nitrogens with one attached hydrogen (secondary N) is 2. The Bertz CT molecular complexity index is 1100. The molecule has 1 amide bonds. The number of nitrogens with zero attached hydrogens (tertiary/aromatic N) is 2. The Morgan fingerprint density at radius 3 is 2.75 bits per heavy atom. The molecule has 4 unspecified atom stereocenters. The van der Waals surface area contributed by atoms with E-state index < -0.39 is 17.7 Å². The van der Waals surface area contributed by atoms with Crippen LogP contribution in [0.15, 0.2) is 40.9 Å². The highest BCUT2D eigenvalue weighted by Gasteiger charge is 2.72. The highest BCUT2D eigenvalue weighted by Crippen LogP contribution is 2.55. The number of ketones is 2. The van der Waals surface area contributed by atoms with Crippen molar-refractivity contribution in [2.24, 2.45) is 11.7 Å². The summed E-state index contributed by atoms with van der Waals surface area (Å²) in [5.41, 5.74) is 5.74. The maximum Gasteiger partial charge on any atom is 0.404 e. The van der Waals surface area contributed by atoms with Crippen LogP contribution in [-0.4, -0.2) is 72.7 Å². The van der Waals surface area contributed by atoms with Gasteiger partial charge in [-0.1, -0.05) is 0 Å². The predicted molar refractivity (Wildman–Crippen MR) is 110 cm³/mol. The van der Waals surface area contributed by atoms with Crippen LogP contribution in [0.2, 0.25) is 0 Å². The number of methoxy groups -OCH3 is 2. The molecule has 0 aromatic carbocycles. The number of carbonyl (C=O) groups excluding carboxylic acids is 3. The highest BCUT2D eigenvalue weighted by molar-refractivity contribution is 6.26. The molecule has 4 atom stereocenters. The molecular formula is C21H23N5O6. The van der Waals surface area contributed by atoms with Crippen molar-refractivity contribution in [1.82, 2.24) is 15.2 Å². The van der Waals surface area contributed by atoms with Gasteiger partial charge in [0.05, 0.1) is 42.3 Å². The molecule has 4 heterocycles. The second-order valence-corrected chi connectivity index (χ2v) is 8.13. The zero-order valence-corrected chi connectivity index (χ0v) is 17.8. The first-order valence-corrected chi connectivity index (χ1v) is 10.2. The Kier molecular flexibility index (Phi) is 4.50. The van der Waals surface area contributed by atoms with Gasteiger partial charge in [-0.3, -0.25) is 9.59 Å². The molecule has 1 aromatic rings. The number of pyridine rings is 1. The molecule has 32 heavy (non-hydrogen) atoms. The molecule has 2 fully saturated rings. The zero-order chi connectivity index (χ0) is 22.8. The third-order valence-corrected chi connectivity index (χ3v) is 6.64. The Labute approximate surface area is 183 Å². The fourth-order valence-electron chi connectivity index (χ4n) is 5.16. The number of primary amides is 1. The Morgan fingerprint density at radius 2 is 2.12 bits per heavy atom. The summed E-state index contributed by atoms with van der Waals surface area (Å²) < 4.78 is 16.1. The van der Waals surface area contributed by atoms with Crippen LogP contribution < -0.4 is 21.1 Å². The van der Waals surface area contributed by atoms with Crippen LogP contribution in [0.1, 0.15) is 6.92 Å². The topological polar surface area (TPSA) is 155 Å². The van der Waals surface area contributed by atoms with Crippen molar-refractivity contribution in [3.05, 3.63) is 40.9 Å². The maximum absolute atomic E-state index is 13.7. The third-order valence-electron chi connectivity index (χ3n) is 6.64. The fraction of sp³-hybridized carbons (Fsp3) is 0.429. The summed E-state index contributed by atoms with van der Waals surface area (Å²) in [6.45, 7) is 1.95. The van der Waals surface area contributed by atoms with Crippen molar-refractivity contribution < 1.29 is 28.6 Å². The van der Waals surface area contributed by atoms with Gasteiger partial charge in [-0.15, -0.1) is 0 Å². The van der Waals surface area contributed by atoms with E-state index >= 15 is 0 Å². The number of rotatable bonds is 6. The van der Waals surface area contributed by atoms with Gasteiger partial charge in [-0.05, 0) is 13.0 Å². The number of amides is 1. The smallest absolute Gasteiger partial charge is 0.404 e. The monoisotopic (exact) mass is 441 g/mol. The fourth-order valence-corrected chi connectivity index (χ4v) is 5.16. The van der Waals surface area contributed by atoms with Crippen molar-refractivity contribution in [3.8, 4) is 5.88 Å². The van der Waals surface area contributed by atoms with E-state index in [0.29, 0.717) is 29.4 Å². The molecule has 11 heteroatoms. The SMILES string of the molecule is COc1ccc(NC2=C(C)C(=O)C3=C(C2=O)C(COC(N)=O)C2(OC)C4NC4CN32)cn1. The molecule has 4 N–H and O–H groups in total. The molecular weight excluding hydrogens is 418 g/mol. The average Bonchev–Trinajstić information content (AvgIpc) is 3.40. The number of hydrogen-bond donors (Lipinski definition) is 3. The normalized spacial score (nSPS) is 30.2. The standard InChI is InChI=1S/C21H23N5O6/c1-9-15(24-10-4-5-13(30-2)23-6-10)18(28)14-11(8-32-20(22)29)21(31-3)19-12(25-19)7-26(21)16(14)17(9)27/h4-6,11-12,19,24-25H,7-8H2,1-3H3,(H2,22,29). The molecule has 0 bridgehead atoms. The molecule has 3 aliphatic heterocycles. The summed E-state index contributed by atoms with van der Waals surface area (Å²) >= 11 is 0. The lowest BCUT2D eigenvalue weighted by Gasteiger charge is -2.39. The van der Waals surface area contributed by atoms with Crippen LogP contribution in [0, 0.1) is 5.92 Å². The maximum atomic E-state index is 13.7. The first-order valence-electron chi connectivity index (χ1n) is 10.2. The summed E-state index contributed by atoms with van der Waals surface area (Å²) in [5.74, 6) is -0.886. The van der Waals surface area contributed by atoms with Crippen LogP contribution in [-0.2, 0) is 19.1 Å². The van der Waals surface area contributed by atoms with Crippen molar-refractivity contribution in [2.45, 2.75) is 24.7 Å². The van der Waals surface area contributed by atoms with Gasteiger partial charge >= 0.3 is 6.09 Å². The van der Waals surface area contributed by atoms with Crippen LogP contribution in [0.5, 0.6) is 5.88 Å². The minimum absolute atomic E-state index is 0.0947. The number of carbonyl (C=O) groups is 3. The van der Waals surface area contributed by atoms with E-state index in [4.69, 9.17) is 19.9 Å². The lowest BCUT2D eigenvalue weighted by Crippen LogP contribution is -2.55. The lowest BCUT2D eigenvalue weighted by atomic mass is 9.82. The molecule has 4 aliphatic rings. The molecule has 0 spiro atoms. The summed E-state index contributed by atoms with van der Waals surface area (Å²) in [5, 5.41) is 6.35. The summed E-state index contributed by atoms with van der Waals surface area (Å²) in [7, 11) is 3.04. The van der Waals surface area contributed by atoms with E-state index in [9.17, 15) is 14.4 Å². The number of fused-ring (bicyclic) bond motifs is 4. The minimum Gasteiger partial charge on any atom is -0.481 e.